The Hall–Kier alpha value is -7.32. The van der Waals surface area contributed by atoms with Gasteiger partial charge in [-0.1, -0.05) is 17.3 Å². The number of nitriles is 1. The SMILES string of the molecule is CCO/N=C(/C(=O)NC1C(=O)N2C(C(=O)OCc3ccc(OC)cc3)=C(CN3C=CC(=C4C=NC(C(=O)NC(N)=NC#N)=C4)C=C3)CSC12)c1nsc(NC(=O)OC(C)(C)C)n1. The summed E-state index contributed by atoms with van der Waals surface area (Å²) >= 11 is 2.13. The van der Waals surface area contributed by atoms with E-state index in [-0.39, 0.29) is 53.8 Å². The van der Waals surface area contributed by atoms with Crippen molar-refractivity contribution < 1.29 is 43.0 Å². The zero-order valence-electron chi connectivity index (χ0n) is 33.9. The van der Waals surface area contributed by atoms with Gasteiger partial charge >= 0.3 is 12.1 Å². The first-order valence-electron chi connectivity index (χ1n) is 18.6. The molecule has 4 amide bonds. The Labute approximate surface area is 362 Å². The van der Waals surface area contributed by atoms with E-state index < -0.39 is 46.8 Å². The molecule has 5 N–H and O–H groups in total. The zero-order valence-corrected chi connectivity index (χ0v) is 35.5. The van der Waals surface area contributed by atoms with Crippen LogP contribution >= 0.6 is 23.3 Å². The van der Waals surface area contributed by atoms with E-state index in [2.05, 4.69) is 40.4 Å². The third kappa shape index (κ3) is 10.7. The molecule has 1 aromatic carbocycles. The normalized spacial score (nSPS) is 18.4. The van der Waals surface area contributed by atoms with Gasteiger partial charge in [0.05, 0.1) is 7.11 Å². The van der Waals surface area contributed by atoms with Crippen molar-refractivity contribution in [1.29, 1.82) is 5.26 Å². The number of anilines is 1. The number of oxime groups is 1. The van der Waals surface area contributed by atoms with Crippen LogP contribution in [0.5, 0.6) is 5.75 Å². The standard InChI is InChI=1S/C39H40N12O9S2/c1-6-59-48-27(30-45-37(62-49-30)47-38(56)60-39(2,3)4)32(53)44-28-33(54)51-29(35(55)58-18-21-7-9-25(57-5)10-8-21)24(19-61-34(28)51)17-50-13-11-22(12-14-50)23-15-26(42-16-23)31(52)46-36(41)43-20-40/h7-16,28,34H,6,17-19H2,1-5H3,(H,44,53)(H3,41,43,46,52)(H,45,47,49,56)/b48-27+. The molecule has 23 heteroatoms. The highest BCUT2D eigenvalue weighted by atomic mass is 32.2. The fourth-order valence-corrected chi connectivity index (χ4v) is 7.79. The summed E-state index contributed by atoms with van der Waals surface area (Å²) in [7, 11) is 1.54. The minimum Gasteiger partial charge on any atom is -0.497 e. The number of hydrogen-bond acceptors (Lipinski definition) is 18. The van der Waals surface area contributed by atoms with E-state index in [9.17, 15) is 24.0 Å². The maximum absolute atomic E-state index is 14.0. The summed E-state index contributed by atoms with van der Waals surface area (Å²) in [6, 6.07) is 5.90. The molecule has 1 fully saturated rings. The number of nitrogens with zero attached hydrogens (tertiary/aromatic N) is 8. The maximum atomic E-state index is 14.0. The number of hydrogen-bond donors (Lipinski definition) is 4. The highest BCUT2D eigenvalue weighted by Gasteiger charge is 2.55. The Kier molecular flexibility index (Phi) is 13.8. The highest BCUT2D eigenvalue weighted by molar-refractivity contribution is 8.00. The number of allylic oxidation sites excluding steroid dienone is 5. The third-order valence-corrected chi connectivity index (χ3v) is 10.6. The van der Waals surface area contributed by atoms with Gasteiger partial charge in [-0.25, -0.2) is 9.59 Å². The maximum Gasteiger partial charge on any atom is 0.414 e. The molecule has 0 spiro atoms. The number of nitrogens with one attached hydrogen (secondary N) is 3. The Balaban J connectivity index is 1.19. The average molecular weight is 885 g/mol. The van der Waals surface area contributed by atoms with Gasteiger partial charge in [-0.3, -0.25) is 34.9 Å². The van der Waals surface area contributed by atoms with Crippen LogP contribution in [0.25, 0.3) is 0 Å². The lowest BCUT2D eigenvalue weighted by molar-refractivity contribution is -0.153. The van der Waals surface area contributed by atoms with E-state index in [1.54, 1.807) is 89.7 Å². The number of carbonyl (C=O) groups excluding carboxylic acids is 5. The zero-order chi connectivity index (χ0) is 44.6. The lowest BCUT2D eigenvalue weighted by atomic mass is 10.0. The van der Waals surface area contributed by atoms with Gasteiger partial charge in [-0.2, -0.15) is 14.6 Å². The molecule has 0 saturated carbocycles. The summed E-state index contributed by atoms with van der Waals surface area (Å²) < 4.78 is 20.4. The quantitative estimate of drug-likeness (QED) is 0.0562. The fraction of sp³-hybridized carbons (Fsp3) is 0.308. The minimum absolute atomic E-state index is 0.0373. The van der Waals surface area contributed by atoms with Gasteiger partial charge in [0.2, 0.25) is 28.8 Å². The van der Waals surface area contributed by atoms with Crippen LogP contribution in [0.1, 0.15) is 39.1 Å². The number of amides is 4. The summed E-state index contributed by atoms with van der Waals surface area (Å²) in [5.74, 6) is -2.35. The van der Waals surface area contributed by atoms with Gasteiger partial charge < -0.3 is 35.0 Å². The van der Waals surface area contributed by atoms with Crippen LogP contribution < -0.4 is 26.4 Å². The van der Waals surface area contributed by atoms with E-state index in [1.165, 1.54) is 29.1 Å². The van der Waals surface area contributed by atoms with Gasteiger partial charge in [0.25, 0.3) is 17.7 Å². The second-order valence-electron chi connectivity index (χ2n) is 14.2. The third-order valence-electron chi connectivity index (χ3n) is 8.68. The van der Waals surface area contributed by atoms with Gasteiger partial charge in [-0.05, 0) is 74.8 Å². The summed E-state index contributed by atoms with van der Waals surface area (Å²) in [5, 5.41) is 19.3. The van der Waals surface area contributed by atoms with Crippen LogP contribution in [0.15, 0.2) is 98.1 Å². The molecule has 0 bridgehead atoms. The van der Waals surface area contributed by atoms with Crippen molar-refractivity contribution >= 4 is 76.1 Å². The molecule has 0 aliphatic carbocycles. The number of methoxy groups -OCH3 is 1. The van der Waals surface area contributed by atoms with Crippen molar-refractivity contribution in [3.05, 3.63) is 94.4 Å². The lowest BCUT2D eigenvalue weighted by Gasteiger charge is -2.50. The van der Waals surface area contributed by atoms with Crippen molar-refractivity contribution in [1.82, 2.24) is 29.8 Å². The van der Waals surface area contributed by atoms with Gasteiger partial charge in [0, 0.05) is 48.0 Å². The molecule has 1 saturated heterocycles. The first-order valence-corrected chi connectivity index (χ1v) is 20.5. The first kappa shape index (κ1) is 44.2. The summed E-state index contributed by atoms with van der Waals surface area (Å²) in [5.41, 5.74) is 7.15. The Bertz CT molecular complexity index is 2420. The van der Waals surface area contributed by atoms with Crippen LogP contribution in [0, 0.1) is 11.5 Å². The fourth-order valence-electron chi connectivity index (χ4n) is 5.90. The summed E-state index contributed by atoms with van der Waals surface area (Å²) in [6.45, 7) is 6.98. The molecule has 1 aromatic heterocycles. The number of aromatic nitrogens is 2. The number of guanidine groups is 1. The number of fused-ring (bicyclic) bond motifs is 1. The molecule has 4 aliphatic heterocycles. The summed E-state index contributed by atoms with van der Waals surface area (Å²) in [6.07, 6.45) is 10.9. The number of β-lactam (4-membered cyclic amide) rings is 1. The second kappa shape index (κ2) is 19.4. The van der Waals surface area contributed by atoms with Crippen LogP contribution in [0.4, 0.5) is 9.93 Å². The smallest absolute Gasteiger partial charge is 0.414 e. The van der Waals surface area contributed by atoms with Gasteiger partial charge in [0.1, 0.15) is 47.4 Å². The number of ether oxygens (including phenoxy) is 3. The first-order chi connectivity index (χ1) is 29.7. The molecule has 21 nitrogen and oxygen atoms in total. The van der Waals surface area contributed by atoms with Gasteiger partial charge in [-0.15, -0.1) is 16.8 Å². The lowest BCUT2D eigenvalue weighted by Crippen LogP contribution is -2.71. The van der Waals surface area contributed by atoms with Crippen molar-refractivity contribution in [2.45, 2.75) is 51.3 Å². The number of carbonyl (C=O) groups is 5. The predicted octanol–water partition coefficient (Wildman–Crippen LogP) is 2.55. The second-order valence-corrected chi connectivity index (χ2v) is 16.1. The Morgan fingerprint density at radius 2 is 1.85 bits per heavy atom. The van der Waals surface area contributed by atoms with Gasteiger partial charge in [0.15, 0.2) is 0 Å². The van der Waals surface area contributed by atoms with Crippen LogP contribution in [-0.2, 0) is 40.1 Å². The molecule has 2 unspecified atom stereocenters. The van der Waals surface area contributed by atoms with E-state index in [1.807, 2.05) is 4.90 Å². The van der Waals surface area contributed by atoms with Crippen LogP contribution in [0.3, 0.4) is 0 Å². The van der Waals surface area contributed by atoms with Crippen molar-refractivity contribution in [2.75, 3.05) is 31.3 Å². The molecule has 6 rings (SSSR count). The van der Waals surface area contributed by atoms with Crippen molar-refractivity contribution in [3.63, 3.8) is 0 Å². The van der Waals surface area contributed by atoms with Crippen molar-refractivity contribution in [2.24, 2.45) is 20.9 Å². The number of benzene rings is 1. The van der Waals surface area contributed by atoms with Crippen LogP contribution in [-0.4, -0.2) is 110 Å². The number of thioether (sulfide) groups is 1. The topological polar surface area (TPSA) is 278 Å². The molecule has 2 atom stereocenters. The number of esters is 1. The Morgan fingerprint density at radius 1 is 1.11 bits per heavy atom. The molecule has 2 aromatic rings. The van der Waals surface area contributed by atoms with E-state index in [4.69, 9.17) is 30.0 Å². The monoisotopic (exact) mass is 884 g/mol. The minimum atomic E-state index is -1.07. The average Bonchev–Trinajstić information content (AvgIpc) is 3.92. The van der Waals surface area contributed by atoms with Crippen LogP contribution in [0.2, 0.25) is 0 Å². The highest BCUT2D eigenvalue weighted by Crippen LogP contribution is 2.41. The molecule has 0 radical (unpaired) electrons. The number of aliphatic imine (C=N–C) groups is 2. The Morgan fingerprint density at radius 3 is 2.53 bits per heavy atom. The van der Waals surface area contributed by atoms with Crippen molar-refractivity contribution in [3.8, 4) is 11.9 Å². The molecule has 5 heterocycles. The summed E-state index contributed by atoms with van der Waals surface area (Å²) in [4.78, 5) is 86.3. The van der Waals surface area contributed by atoms with E-state index in [0.717, 1.165) is 17.1 Å². The molecular formula is C39H40N12O9S2. The molecule has 322 valence electrons. The largest absolute Gasteiger partial charge is 0.497 e. The number of rotatable bonds is 13. The number of nitrogens with two attached hydrogens (primary N) is 1. The van der Waals surface area contributed by atoms with E-state index in [0.29, 0.717) is 28.2 Å². The molecule has 4 aliphatic rings. The van der Waals surface area contributed by atoms with E-state index >= 15 is 0 Å². The molecule has 62 heavy (non-hydrogen) atoms. The molecular weight excluding hydrogens is 845 g/mol. The predicted molar refractivity (Wildman–Crippen MR) is 227 cm³/mol.